The Morgan fingerprint density at radius 3 is 2.47 bits per heavy atom. The topological polar surface area (TPSA) is 43.4 Å². The molecule has 0 radical (unpaired) electrons. The van der Waals surface area contributed by atoms with Crippen LogP contribution in [0.1, 0.15) is 19.4 Å². The number of carbonyl (C=O) groups is 2. The van der Waals surface area contributed by atoms with Crippen molar-refractivity contribution < 1.29 is 14.3 Å². The Bertz CT molecular complexity index is 438. The van der Waals surface area contributed by atoms with Crippen LogP contribution in [0.5, 0.6) is 5.75 Å². The van der Waals surface area contributed by atoms with Crippen molar-refractivity contribution in [2.45, 2.75) is 20.3 Å². The Morgan fingerprint density at radius 1 is 1.35 bits per heavy atom. The number of methoxy groups -OCH3 is 1. The van der Waals surface area contributed by atoms with Gasteiger partial charge in [0.25, 0.3) is 0 Å². The predicted molar refractivity (Wildman–Crippen MR) is 66.6 cm³/mol. The van der Waals surface area contributed by atoms with Gasteiger partial charge in [-0.15, -0.1) is 0 Å². The Labute approximate surface area is 106 Å². The van der Waals surface area contributed by atoms with Crippen molar-refractivity contribution >= 4 is 23.2 Å². The van der Waals surface area contributed by atoms with Gasteiger partial charge in [-0.2, -0.15) is 0 Å². The Kier molecular flexibility index (Phi) is 4.70. The maximum absolute atomic E-state index is 11.6. The summed E-state index contributed by atoms with van der Waals surface area (Å²) in [5, 5.41) is 0.440. The molecule has 0 saturated heterocycles. The van der Waals surface area contributed by atoms with E-state index in [1.54, 1.807) is 32.0 Å². The molecule has 1 aromatic carbocycles. The second-order valence-corrected chi connectivity index (χ2v) is 4.50. The minimum Gasteiger partial charge on any atom is -0.495 e. The van der Waals surface area contributed by atoms with Gasteiger partial charge in [0.05, 0.1) is 12.1 Å². The van der Waals surface area contributed by atoms with Gasteiger partial charge in [0.2, 0.25) is 11.6 Å². The Morgan fingerprint density at radius 2 is 2.00 bits per heavy atom. The summed E-state index contributed by atoms with van der Waals surface area (Å²) >= 11 is 5.93. The smallest absolute Gasteiger partial charge is 0.203 e. The molecule has 0 N–H and O–H groups in total. The minimum absolute atomic E-state index is 0.0841. The van der Waals surface area contributed by atoms with Crippen molar-refractivity contribution in [2.75, 3.05) is 7.11 Å². The van der Waals surface area contributed by atoms with Crippen molar-refractivity contribution in [3.63, 3.8) is 0 Å². The van der Waals surface area contributed by atoms with Crippen molar-refractivity contribution in [1.82, 2.24) is 0 Å². The molecule has 1 aromatic rings. The van der Waals surface area contributed by atoms with Gasteiger partial charge in [0, 0.05) is 12.3 Å². The quantitative estimate of drug-likeness (QED) is 0.759. The summed E-state index contributed by atoms with van der Waals surface area (Å²) < 4.78 is 5.01. The molecular formula is C13H15ClO3. The fraction of sp³-hybridized carbons (Fsp3) is 0.385. The summed E-state index contributed by atoms with van der Waals surface area (Å²) in [6.45, 7) is 3.42. The van der Waals surface area contributed by atoms with Crippen LogP contribution in [0.15, 0.2) is 18.2 Å². The number of Topliss-reactive ketones (excluding diaryl/α,β-unsaturated/α-hetero) is 2. The third kappa shape index (κ3) is 3.56. The lowest BCUT2D eigenvalue weighted by Gasteiger charge is -2.06. The van der Waals surface area contributed by atoms with Gasteiger partial charge < -0.3 is 4.74 Å². The SMILES string of the molecule is COc1ccc(CC(=O)C(=O)C(C)C)cc1Cl. The highest BCUT2D eigenvalue weighted by Gasteiger charge is 2.18. The van der Waals surface area contributed by atoms with Gasteiger partial charge >= 0.3 is 0 Å². The Hall–Kier alpha value is -1.35. The molecule has 17 heavy (non-hydrogen) atoms. The van der Waals surface area contributed by atoms with E-state index < -0.39 is 0 Å². The van der Waals surface area contributed by atoms with Crippen molar-refractivity contribution in [1.29, 1.82) is 0 Å². The molecule has 0 spiro atoms. The molecule has 0 aliphatic carbocycles. The summed E-state index contributed by atoms with van der Waals surface area (Å²) in [4.78, 5) is 23.0. The van der Waals surface area contributed by atoms with E-state index in [4.69, 9.17) is 16.3 Å². The normalized spacial score (nSPS) is 10.4. The minimum atomic E-state index is -0.388. The molecule has 0 aliphatic heterocycles. The number of rotatable bonds is 5. The highest BCUT2D eigenvalue weighted by atomic mass is 35.5. The molecule has 0 unspecified atom stereocenters. The highest BCUT2D eigenvalue weighted by Crippen LogP contribution is 2.25. The first kappa shape index (κ1) is 13.7. The largest absolute Gasteiger partial charge is 0.495 e. The molecule has 0 bridgehead atoms. The van der Waals surface area contributed by atoms with E-state index in [2.05, 4.69) is 0 Å². The van der Waals surface area contributed by atoms with Crippen LogP contribution >= 0.6 is 11.6 Å². The number of ether oxygens (including phenoxy) is 1. The molecule has 0 aliphatic rings. The maximum Gasteiger partial charge on any atom is 0.203 e. The van der Waals surface area contributed by atoms with Crippen LogP contribution in [-0.4, -0.2) is 18.7 Å². The summed E-state index contributed by atoms with van der Waals surface area (Å²) in [6.07, 6.45) is 0.0841. The zero-order chi connectivity index (χ0) is 13.0. The molecule has 0 fully saturated rings. The first-order valence-corrected chi connectivity index (χ1v) is 5.73. The second-order valence-electron chi connectivity index (χ2n) is 4.09. The summed E-state index contributed by atoms with van der Waals surface area (Å²) in [5.41, 5.74) is 0.717. The van der Waals surface area contributed by atoms with Gasteiger partial charge in [-0.25, -0.2) is 0 Å². The molecule has 0 heterocycles. The lowest BCUT2D eigenvalue weighted by molar-refractivity contribution is -0.138. The molecule has 0 saturated carbocycles. The lowest BCUT2D eigenvalue weighted by Crippen LogP contribution is -2.21. The van der Waals surface area contributed by atoms with E-state index >= 15 is 0 Å². The van der Waals surface area contributed by atoms with Crippen LogP contribution in [0.4, 0.5) is 0 Å². The third-order valence-electron chi connectivity index (χ3n) is 2.38. The maximum atomic E-state index is 11.6. The van der Waals surface area contributed by atoms with Crippen LogP contribution in [0.25, 0.3) is 0 Å². The summed E-state index contributed by atoms with van der Waals surface area (Å²) in [6, 6.07) is 5.06. The number of hydrogen-bond acceptors (Lipinski definition) is 3. The summed E-state index contributed by atoms with van der Waals surface area (Å²) in [5.74, 6) is -0.451. The van der Waals surface area contributed by atoms with Crippen LogP contribution in [0, 0.1) is 5.92 Å². The first-order chi connectivity index (χ1) is 7.95. The number of benzene rings is 1. The third-order valence-corrected chi connectivity index (χ3v) is 2.68. The Balaban J connectivity index is 2.79. The molecule has 0 atom stereocenters. The zero-order valence-electron chi connectivity index (χ0n) is 10.1. The van der Waals surface area contributed by atoms with Crippen molar-refractivity contribution in [3.8, 4) is 5.75 Å². The van der Waals surface area contributed by atoms with Crippen LogP contribution in [-0.2, 0) is 16.0 Å². The number of hydrogen-bond donors (Lipinski definition) is 0. The van der Waals surface area contributed by atoms with Gasteiger partial charge in [0.1, 0.15) is 5.75 Å². The second kappa shape index (κ2) is 5.82. The van der Waals surface area contributed by atoms with E-state index in [9.17, 15) is 9.59 Å². The standard InChI is InChI=1S/C13H15ClO3/c1-8(2)13(16)11(15)7-9-4-5-12(17-3)10(14)6-9/h4-6,8H,7H2,1-3H3. The molecule has 1 rings (SSSR count). The molecule has 0 aromatic heterocycles. The van der Waals surface area contributed by atoms with Gasteiger partial charge in [-0.3, -0.25) is 9.59 Å². The van der Waals surface area contributed by atoms with E-state index in [-0.39, 0.29) is 23.9 Å². The molecule has 4 heteroatoms. The molecule has 3 nitrogen and oxygen atoms in total. The molecule has 0 amide bonds. The zero-order valence-corrected chi connectivity index (χ0v) is 10.9. The first-order valence-electron chi connectivity index (χ1n) is 5.35. The van der Waals surface area contributed by atoms with Gasteiger partial charge in [-0.05, 0) is 17.7 Å². The van der Waals surface area contributed by atoms with Crippen molar-refractivity contribution in [2.24, 2.45) is 5.92 Å². The van der Waals surface area contributed by atoms with Crippen LogP contribution in [0.2, 0.25) is 5.02 Å². The fourth-order valence-electron chi connectivity index (χ4n) is 1.41. The highest BCUT2D eigenvalue weighted by molar-refractivity contribution is 6.38. The molecular weight excluding hydrogens is 240 g/mol. The van der Waals surface area contributed by atoms with E-state index in [0.29, 0.717) is 10.8 Å². The predicted octanol–water partition coefficient (Wildman–Crippen LogP) is 2.69. The number of ketones is 2. The molecule has 92 valence electrons. The van der Waals surface area contributed by atoms with E-state index in [1.165, 1.54) is 7.11 Å². The summed E-state index contributed by atoms with van der Waals surface area (Å²) in [7, 11) is 1.52. The number of halogens is 1. The average molecular weight is 255 g/mol. The van der Waals surface area contributed by atoms with E-state index in [1.807, 2.05) is 0 Å². The monoisotopic (exact) mass is 254 g/mol. The number of carbonyl (C=O) groups excluding carboxylic acids is 2. The van der Waals surface area contributed by atoms with Crippen LogP contribution in [0.3, 0.4) is 0 Å². The van der Waals surface area contributed by atoms with Crippen molar-refractivity contribution in [3.05, 3.63) is 28.8 Å². The fourth-order valence-corrected chi connectivity index (χ4v) is 1.69. The average Bonchev–Trinajstić information content (AvgIpc) is 2.28. The van der Waals surface area contributed by atoms with Gasteiger partial charge in [0.15, 0.2) is 0 Å². The lowest BCUT2D eigenvalue weighted by atomic mass is 10.00. The van der Waals surface area contributed by atoms with E-state index in [0.717, 1.165) is 5.56 Å². The van der Waals surface area contributed by atoms with Crippen LogP contribution < -0.4 is 4.74 Å². The van der Waals surface area contributed by atoms with Gasteiger partial charge in [-0.1, -0.05) is 31.5 Å².